The molecule has 0 bridgehead atoms. The Hall–Kier alpha value is -3.53. The molecule has 0 spiro atoms. The Morgan fingerprint density at radius 2 is 1.93 bits per heavy atom. The van der Waals surface area contributed by atoms with E-state index in [1.54, 1.807) is 24.4 Å². The van der Waals surface area contributed by atoms with E-state index in [-0.39, 0.29) is 43.6 Å². The number of imide groups is 1. The van der Waals surface area contributed by atoms with Gasteiger partial charge >= 0.3 is 5.97 Å². The van der Waals surface area contributed by atoms with E-state index in [2.05, 4.69) is 4.98 Å². The molecule has 1 aromatic heterocycles. The highest BCUT2D eigenvalue weighted by Crippen LogP contribution is 2.46. The van der Waals surface area contributed by atoms with Gasteiger partial charge in [0.05, 0.1) is 35.3 Å². The Labute approximate surface area is 250 Å². The quantitative estimate of drug-likeness (QED) is 0.148. The summed E-state index contributed by atoms with van der Waals surface area (Å²) < 4.78 is 0. The van der Waals surface area contributed by atoms with Crippen LogP contribution in [0.3, 0.4) is 0 Å². The fourth-order valence-corrected chi connectivity index (χ4v) is 6.45. The number of phenolic OH excluding ortho intramolecular Hbond substituents is 1. The Kier molecular flexibility index (Phi) is 10.5. The number of likely N-dealkylation sites (tertiary alicyclic amines) is 1. The molecule has 224 valence electrons. The average Bonchev–Trinajstić information content (AvgIpc) is 3.19. The van der Waals surface area contributed by atoms with Crippen molar-refractivity contribution < 1.29 is 34.8 Å². The molecule has 2 heterocycles. The molecule has 9 nitrogen and oxygen atoms in total. The number of allylic oxidation sites excluding steroid dienone is 2. The van der Waals surface area contributed by atoms with Crippen LogP contribution in [-0.4, -0.2) is 67.3 Å². The first-order chi connectivity index (χ1) is 20.1. The second-order valence-electron chi connectivity index (χ2n) is 11.0. The molecule has 4 N–H and O–H groups in total. The third-order valence-corrected chi connectivity index (χ3v) is 8.57. The van der Waals surface area contributed by atoms with Crippen LogP contribution in [0, 0.1) is 17.8 Å². The highest BCUT2D eigenvalue weighted by Gasteiger charge is 2.54. The number of aliphatic hydroxyl groups is 2. The average molecular weight is 597 g/mol. The normalized spacial score (nSPS) is 21.6. The van der Waals surface area contributed by atoms with Gasteiger partial charge in [0, 0.05) is 25.1 Å². The molecule has 42 heavy (non-hydrogen) atoms. The lowest BCUT2D eigenvalue weighted by atomic mass is 9.68. The molecule has 2 aromatic rings. The van der Waals surface area contributed by atoms with E-state index < -0.39 is 29.8 Å². The lowest BCUT2D eigenvalue weighted by Crippen LogP contribution is -2.39. The number of carboxylic acids is 1. The van der Waals surface area contributed by atoms with Crippen LogP contribution in [0.2, 0.25) is 5.02 Å². The summed E-state index contributed by atoms with van der Waals surface area (Å²) in [5, 5.41) is 40.8. The maximum absolute atomic E-state index is 13.4. The lowest BCUT2D eigenvalue weighted by molar-refractivity contribution is -0.141. The van der Waals surface area contributed by atoms with Crippen molar-refractivity contribution in [2.24, 2.45) is 17.8 Å². The minimum atomic E-state index is -0.960. The van der Waals surface area contributed by atoms with Gasteiger partial charge in [-0.05, 0) is 92.1 Å². The van der Waals surface area contributed by atoms with Crippen LogP contribution >= 0.6 is 11.6 Å². The first-order valence-electron chi connectivity index (χ1n) is 14.3. The van der Waals surface area contributed by atoms with E-state index in [1.165, 1.54) is 11.0 Å². The smallest absolute Gasteiger partial charge is 0.303 e. The maximum atomic E-state index is 13.4. The topological polar surface area (TPSA) is 148 Å². The minimum absolute atomic E-state index is 0.0449. The highest BCUT2D eigenvalue weighted by atomic mass is 35.5. The van der Waals surface area contributed by atoms with Crippen LogP contribution in [-0.2, 0) is 14.4 Å². The van der Waals surface area contributed by atoms with Crippen molar-refractivity contribution in [3.8, 4) is 5.75 Å². The Morgan fingerprint density at radius 3 is 2.60 bits per heavy atom. The van der Waals surface area contributed by atoms with Gasteiger partial charge in [-0.15, -0.1) is 0 Å². The molecule has 1 aliphatic carbocycles. The summed E-state index contributed by atoms with van der Waals surface area (Å²) in [7, 11) is 0. The molecule has 1 fully saturated rings. The van der Waals surface area contributed by atoms with E-state index in [9.17, 15) is 29.7 Å². The van der Waals surface area contributed by atoms with Gasteiger partial charge in [0.25, 0.3) is 0 Å². The largest absolute Gasteiger partial charge is 0.508 e. The number of unbranched alkanes of at least 4 members (excludes halogenated alkanes) is 2. The van der Waals surface area contributed by atoms with Crippen LogP contribution in [0.4, 0.5) is 0 Å². The number of aliphatic hydroxyl groups excluding tert-OH is 2. The van der Waals surface area contributed by atoms with Crippen molar-refractivity contribution in [1.29, 1.82) is 0 Å². The zero-order valence-corrected chi connectivity index (χ0v) is 24.3. The summed E-state index contributed by atoms with van der Waals surface area (Å²) in [5.74, 6) is -3.42. The van der Waals surface area contributed by atoms with Gasteiger partial charge in [0.15, 0.2) is 0 Å². The summed E-state index contributed by atoms with van der Waals surface area (Å²) in [5.41, 5.74) is 3.61. The van der Waals surface area contributed by atoms with Crippen LogP contribution in [0.5, 0.6) is 5.75 Å². The molecular formula is C32H37ClN2O7. The molecular weight excluding hydrogens is 560 g/mol. The number of benzene rings is 1. The zero-order valence-electron chi connectivity index (χ0n) is 23.6. The van der Waals surface area contributed by atoms with E-state index in [0.717, 1.165) is 11.1 Å². The number of hydrogen-bond acceptors (Lipinski definition) is 7. The van der Waals surface area contributed by atoms with Crippen molar-refractivity contribution in [3.63, 3.8) is 0 Å². The summed E-state index contributed by atoms with van der Waals surface area (Å²) in [6.45, 7) is 1.69. The Bertz CT molecular complexity index is 1370. The molecule has 10 heteroatoms. The van der Waals surface area contributed by atoms with E-state index >= 15 is 0 Å². The number of carbonyl (C=O) groups excluding carboxylic acids is 2. The number of rotatable bonds is 13. The number of amides is 2. The van der Waals surface area contributed by atoms with Crippen molar-refractivity contribution in [2.75, 3.05) is 13.2 Å². The molecule has 0 unspecified atom stereocenters. The Morgan fingerprint density at radius 1 is 1.14 bits per heavy atom. The number of phenols is 1. The third-order valence-electron chi connectivity index (χ3n) is 8.24. The number of aromatic nitrogens is 1. The van der Waals surface area contributed by atoms with Gasteiger partial charge in [-0.3, -0.25) is 24.3 Å². The van der Waals surface area contributed by atoms with E-state index in [1.807, 2.05) is 25.1 Å². The van der Waals surface area contributed by atoms with E-state index in [4.69, 9.17) is 16.7 Å². The number of aliphatic carboxylic acids is 1. The first kappa shape index (κ1) is 31.4. The lowest BCUT2D eigenvalue weighted by Gasteiger charge is -2.35. The predicted molar refractivity (Wildman–Crippen MR) is 158 cm³/mol. The second-order valence-corrected chi connectivity index (χ2v) is 11.4. The standard InChI is InChI=1S/C32H37ClN2O7/c1-19-15-23-30(32(42)35(31(23)41)14-6-2-3-8-28(39)40)24(18-36)29(19)27(38)12-10-21(26-7-4-5-13-34-26)16-20-9-11-22(37)17-25(20)33/h4-5,7,9,11,13,16-17,23-24,27,30,36-38H,2-3,6,8,10,12,14-15,18H2,1H3,(H,39,40)/b21-16-/t23-,24+,27-,30-/m1/s1. The molecule has 0 radical (unpaired) electrons. The Balaban J connectivity index is 1.50. The van der Waals surface area contributed by atoms with E-state index in [0.29, 0.717) is 54.0 Å². The molecule has 1 aromatic carbocycles. The molecule has 4 rings (SSSR count). The predicted octanol–water partition coefficient (Wildman–Crippen LogP) is 4.70. The maximum Gasteiger partial charge on any atom is 0.303 e. The number of pyridine rings is 1. The van der Waals surface area contributed by atoms with Gasteiger partial charge in [-0.1, -0.05) is 29.7 Å². The van der Waals surface area contributed by atoms with Gasteiger partial charge < -0.3 is 20.4 Å². The summed E-state index contributed by atoms with van der Waals surface area (Å²) in [6, 6.07) is 10.2. The summed E-state index contributed by atoms with van der Waals surface area (Å²) >= 11 is 6.35. The van der Waals surface area contributed by atoms with Gasteiger partial charge in [-0.2, -0.15) is 0 Å². The van der Waals surface area contributed by atoms with Crippen molar-refractivity contribution >= 4 is 41.0 Å². The van der Waals surface area contributed by atoms with Gasteiger partial charge in [-0.25, -0.2) is 0 Å². The number of carboxylic acid groups (broad SMARTS) is 1. The number of aromatic hydroxyl groups is 1. The molecule has 4 atom stereocenters. The minimum Gasteiger partial charge on any atom is -0.508 e. The van der Waals surface area contributed by atoms with Crippen LogP contribution in [0.25, 0.3) is 11.6 Å². The molecule has 1 aliphatic heterocycles. The number of halogens is 1. The molecule has 2 aliphatic rings. The molecule has 0 saturated carbocycles. The third kappa shape index (κ3) is 7.09. The second kappa shape index (κ2) is 14.1. The van der Waals surface area contributed by atoms with Crippen LogP contribution in [0.15, 0.2) is 53.7 Å². The molecule has 1 saturated heterocycles. The summed E-state index contributed by atoms with van der Waals surface area (Å²) in [4.78, 5) is 43.1. The number of nitrogens with zero attached hydrogens (tertiary/aromatic N) is 2. The first-order valence-corrected chi connectivity index (χ1v) is 14.7. The SMILES string of the molecule is CC1=C([C@H](O)CC/C(=C/c2ccc(O)cc2Cl)c2ccccn2)[C@H](CO)[C@@H]2C(=O)N(CCCCCC(=O)O)C(=O)[C@@H]2C1. The van der Waals surface area contributed by atoms with Crippen LogP contribution < -0.4 is 0 Å². The van der Waals surface area contributed by atoms with Crippen molar-refractivity contribution in [3.05, 3.63) is 70.0 Å². The fourth-order valence-electron chi connectivity index (χ4n) is 6.22. The number of fused-ring (bicyclic) bond motifs is 1. The van der Waals surface area contributed by atoms with Crippen LogP contribution in [0.1, 0.15) is 63.1 Å². The monoisotopic (exact) mass is 596 g/mol. The number of hydrogen-bond donors (Lipinski definition) is 4. The van der Waals surface area contributed by atoms with Gasteiger partial charge in [0.1, 0.15) is 5.75 Å². The summed E-state index contributed by atoms with van der Waals surface area (Å²) in [6.07, 6.45) is 5.24. The zero-order chi connectivity index (χ0) is 30.4. The number of carbonyl (C=O) groups is 3. The van der Waals surface area contributed by atoms with Crippen molar-refractivity contribution in [2.45, 2.75) is 58.0 Å². The van der Waals surface area contributed by atoms with Crippen molar-refractivity contribution in [1.82, 2.24) is 9.88 Å². The molecule has 2 amide bonds. The highest BCUT2D eigenvalue weighted by molar-refractivity contribution is 6.32. The fraction of sp³-hybridized carbons (Fsp3) is 0.438. The van der Waals surface area contributed by atoms with Gasteiger partial charge in [0.2, 0.25) is 11.8 Å².